The molecule has 0 aliphatic heterocycles. The molecule has 0 atom stereocenters. The molecule has 0 aliphatic carbocycles. The standard InChI is InChI=1S/C13H17N3O4S/c17-6-1-7-20-12-2-4-13(5-3-12)21(18,19)16-10-11-8-14-15-9-11/h2-5,8-9,16-17H,1,6-7,10H2,(H,14,15). The molecule has 3 N–H and O–H groups in total. The average molecular weight is 311 g/mol. The number of nitrogens with one attached hydrogen (secondary N) is 2. The van der Waals surface area contributed by atoms with E-state index in [2.05, 4.69) is 14.9 Å². The van der Waals surface area contributed by atoms with Gasteiger partial charge in [0.1, 0.15) is 5.75 Å². The van der Waals surface area contributed by atoms with E-state index in [0.717, 1.165) is 5.56 Å². The number of hydrogen-bond donors (Lipinski definition) is 3. The van der Waals surface area contributed by atoms with Crippen molar-refractivity contribution in [1.29, 1.82) is 0 Å². The summed E-state index contributed by atoms with van der Waals surface area (Å²) >= 11 is 0. The molecule has 0 bridgehead atoms. The third-order valence-electron chi connectivity index (χ3n) is 2.73. The lowest BCUT2D eigenvalue weighted by Gasteiger charge is -2.08. The van der Waals surface area contributed by atoms with Crippen LogP contribution in [0.4, 0.5) is 0 Å². The molecule has 0 fully saturated rings. The number of rotatable bonds is 8. The van der Waals surface area contributed by atoms with Crippen LogP contribution in [0.1, 0.15) is 12.0 Å². The van der Waals surface area contributed by atoms with E-state index in [4.69, 9.17) is 9.84 Å². The van der Waals surface area contributed by atoms with E-state index in [1.54, 1.807) is 24.5 Å². The Morgan fingerprint density at radius 3 is 2.67 bits per heavy atom. The van der Waals surface area contributed by atoms with Crippen molar-refractivity contribution in [2.45, 2.75) is 17.9 Å². The number of hydrogen-bond acceptors (Lipinski definition) is 5. The second-order valence-corrected chi connectivity index (χ2v) is 6.10. The lowest BCUT2D eigenvalue weighted by atomic mass is 10.3. The van der Waals surface area contributed by atoms with Crippen LogP contribution in [0.2, 0.25) is 0 Å². The first kappa shape index (κ1) is 15.5. The number of benzene rings is 1. The molecular weight excluding hydrogens is 294 g/mol. The number of H-pyrrole nitrogens is 1. The van der Waals surface area contributed by atoms with Gasteiger partial charge in [0.25, 0.3) is 0 Å². The van der Waals surface area contributed by atoms with Gasteiger partial charge in [0.2, 0.25) is 10.0 Å². The Morgan fingerprint density at radius 1 is 1.29 bits per heavy atom. The first-order valence-electron chi connectivity index (χ1n) is 6.43. The van der Waals surface area contributed by atoms with Crippen LogP contribution < -0.4 is 9.46 Å². The molecule has 0 amide bonds. The Kier molecular flexibility index (Phi) is 5.32. The SMILES string of the molecule is O=S(=O)(NCc1cn[nH]c1)c1ccc(OCCCO)cc1. The maximum atomic E-state index is 12.1. The highest BCUT2D eigenvalue weighted by Gasteiger charge is 2.13. The van der Waals surface area contributed by atoms with Crippen LogP contribution in [0.25, 0.3) is 0 Å². The highest BCUT2D eigenvalue weighted by atomic mass is 32.2. The minimum atomic E-state index is -3.57. The first-order chi connectivity index (χ1) is 10.1. The summed E-state index contributed by atoms with van der Waals surface area (Å²) in [6.07, 6.45) is 3.72. The number of aliphatic hydroxyl groups excluding tert-OH is 1. The fourth-order valence-corrected chi connectivity index (χ4v) is 2.62. The Balaban J connectivity index is 1.96. The van der Waals surface area contributed by atoms with E-state index in [1.165, 1.54) is 12.1 Å². The van der Waals surface area contributed by atoms with Gasteiger partial charge in [0, 0.05) is 31.3 Å². The second kappa shape index (κ2) is 7.21. The zero-order valence-corrected chi connectivity index (χ0v) is 12.1. The van der Waals surface area contributed by atoms with Crippen LogP contribution >= 0.6 is 0 Å². The zero-order chi connectivity index (χ0) is 15.1. The molecule has 0 aliphatic rings. The lowest BCUT2D eigenvalue weighted by molar-refractivity contribution is 0.233. The van der Waals surface area contributed by atoms with E-state index in [9.17, 15) is 8.42 Å². The molecule has 1 heterocycles. The Hall–Kier alpha value is -1.90. The monoisotopic (exact) mass is 311 g/mol. The van der Waals surface area contributed by atoms with Crippen molar-refractivity contribution in [2.75, 3.05) is 13.2 Å². The van der Waals surface area contributed by atoms with Gasteiger partial charge in [-0.2, -0.15) is 5.10 Å². The molecule has 1 aromatic carbocycles. The number of sulfonamides is 1. The molecule has 0 saturated heterocycles. The smallest absolute Gasteiger partial charge is 0.240 e. The largest absolute Gasteiger partial charge is 0.494 e. The molecule has 21 heavy (non-hydrogen) atoms. The number of aliphatic hydroxyl groups is 1. The van der Waals surface area contributed by atoms with Gasteiger partial charge in [-0.25, -0.2) is 13.1 Å². The Morgan fingerprint density at radius 2 is 2.05 bits per heavy atom. The predicted octanol–water partition coefficient (Wildman–Crippen LogP) is 0.649. The second-order valence-electron chi connectivity index (χ2n) is 4.33. The molecule has 114 valence electrons. The van der Waals surface area contributed by atoms with Crippen molar-refractivity contribution in [1.82, 2.24) is 14.9 Å². The quantitative estimate of drug-likeness (QED) is 0.621. The fourth-order valence-electron chi connectivity index (χ4n) is 1.61. The van der Waals surface area contributed by atoms with Crippen molar-refractivity contribution in [2.24, 2.45) is 0 Å². The van der Waals surface area contributed by atoms with Gasteiger partial charge in [-0.3, -0.25) is 5.10 Å². The highest BCUT2D eigenvalue weighted by Crippen LogP contribution is 2.16. The van der Waals surface area contributed by atoms with E-state index in [1.807, 2.05) is 0 Å². The van der Waals surface area contributed by atoms with Gasteiger partial charge in [-0.1, -0.05) is 0 Å². The van der Waals surface area contributed by atoms with Crippen LogP contribution in [0.3, 0.4) is 0 Å². The molecule has 8 heteroatoms. The maximum absolute atomic E-state index is 12.1. The van der Waals surface area contributed by atoms with Crippen LogP contribution in [-0.4, -0.2) is 36.9 Å². The van der Waals surface area contributed by atoms with Gasteiger partial charge >= 0.3 is 0 Å². The van der Waals surface area contributed by atoms with Crippen molar-refractivity contribution in [3.05, 3.63) is 42.2 Å². The van der Waals surface area contributed by atoms with Gasteiger partial charge in [-0.05, 0) is 24.3 Å². The summed E-state index contributed by atoms with van der Waals surface area (Å²) in [6, 6.07) is 6.13. The van der Waals surface area contributed by atoms with E-state index >= 15 is 0 Å². The van der Waals surface area contributed by atoms with Gasteiger partial charge in [0.05, 0.1) is 17.7 Å². The number of aromatic nitrogens is 2. The van der Waals surface area contributed by atoms with Crippen LogP contribution in [0.5, 0.6) is 5.75 Å². The summed E-state index contributed by atoms with van der Waals surface area (Å²) in [5.74, 6) is 0.567. The van der Waals surface area contributed by atoms with E-state index in [0.29, 0.717) is 18.8 Å². The molecule has 0 radical (unpaired) electrons. The Bertz CT molecular complexity index is 639. The first-order valence-corrected chi connectivity index (χ1v) is 7.91. The van der Waals surface area contributed by atoms with Crippen molar-refractivity contribution < 1.29 is 18.3 Å². The molecule has 7 nitrogen and oxygen atoms in total. The van der Waals surface area contributed by atoms with Gasteiger partial charge in [-0.15, -0.1) is 0 Å². The number of ether oxygens (including phenoxy) is 1. The molecule has 0 spiro atoms. The summed E-state index contributed by atoms with van der Waals surface area (Å²) in [5, 5.41) is 15.0. The third kappa shape index (κ3) is 4.55. The highest BCUT2D eigenvalue weighted by molar-refractivity contribution is 7.89. The maximum Gasteiger partial charge on any atom is 0.240 e. The number of nitrogens with zero attached hydrogens (tertiary/aromatic N) is 1. The minimum absolute atomic E-state index is 0.0599. The topological polar surface area (TPSA) is 104 Å². The average Bonchev–Trinajstić information content (AvgIpc) is 3.00. The summed E-state index contributed by atoms with van der Waals surface area (Å²) in [4.78, 5) is 0.167. The summed E-state index contributed by atoms with van der Waals surface area (Å²) in [7, 11) is -3.57. The van der Waals surface area contributed by atoms with E-state index < -0.39 is 10.0 Å². The van der Waals surface area contributed by atoms with Gasteiger partial charge < -0.3 is 9.84 Å². The molecule has 2 rings (SSSR count). The fraction of sp³-hybridized carbons (Fsp3) is 0.308. The van der Waals surface area contributed by atoms with Gasteiger partial charge in [0.15, 0.2) is 0 Å². The summed E-state index contributed by atoms with van der Waals surface area (Å²) in [5.41, 5.74) is 0.752. The molecule has 0 unspecified atom stereocenters. The van der Waals surface area contributed by atoms with Crippen LogP contribution in [0, 0.1) is 0 Å². The third-order valence-corrected chi connectivity index (χ3v) is 4.14. The molecular formula is C13H17N3O4S. The Labute approximate surface area is 123 Å². The van der Waals surface area contributed by atoms with E-state index in [-0.39, 0.29) is 18.0 Å². The minimum Gasteiger partial charge on any atom is -0.494 e. The van der Waals surface area contributed by atoms with Crippen molar-refractivity contribution in [3.8, 4) is 5.75 Å². The zero-order valence-electron chi connectivity index (χ0n) is 11.3. The van der Waals surface area contributed by atoms with Crippen molar-refractivity contribution >= 4 is 10.0 Å². The number of aromatic amines is 1. The van der Waals surface area contributed by atoms with Crippen LogP contribution in [-0.2, 0) is 16.6 Å². The predicted molar refractivity (Wildman–Crippen MR) is 76.3 cm³/mol. The molecule has 1 aromatic heterocycles. The normalized spacial score (nSPS) is 11.5. The molecule has 0 saturated carbocycles. The summed E-state index contributed by atoms with van der Waals surface area (Å²) < 4.78 is 32.0. The van der Waals surface area contributed by atoms with Crippen LogP contribution in [0.15, 0.2) is 41.6 Å². The molecule has 2 aromatic rings. The summed E-state index contributed by atoms with van der Waals surface area (Å²) in [6.45, 7) is 0.624. The lowest BCUT2D eigenvalue weighted by Crippen LogP contribution is -2.22. The van der Waals surface area contributed by atoms with Crippen molar-refractivity contribution in [3.63, 3.8) is 0 Å².